The first-order chi connectivity index (χ1) is 9.87. The second-order valence-corrected chi connectivity index (χ2v) is 5.92. The van der Waals surface area contributed by atoms with E-state index in [1.807, 2.05) is 13.8 Å². The molecule has 6 heteroatoms. The molecule has 0 aliphatic carbocycles. The van der Waals surface area contributed by atoms with Crippen molar-refractivity contribution in [3.05, 3.63) is 23.2 Å². The zero-order valence-electron chi connectivity index (χ0n) is 12.9. The molecule has 1 aliphatic heterocycles. The van der Waals surface area contributed by atoms with Gasteiger partial charge in [-0.1, -0.05) is 0 Å². The van der Waals surface area contributed by atoms with Crippen molar-refractivity contribution in [3.8, 4) is 0 Å². The molecule has 6 nitrogen and oxygen atoms in total. The number of aliphatic hydroxyl groups is 1. The van der Waals surface area contributed by atoms with E-state index in [0.29, 0.717) is 19.8 Å². The van der Waals surface area contributed by atoms with Crippen molar-refractivity contribution >= 4 is 5.91 Å². The fourth-order valence-corrected chi connectivity index (χ4v) is 2.34. The molecule has 0 radical (unpaired) electrons. The van der Waals surface area contributed by atoms with Crippen molar-refractivity contribution in [3.63, 3.8) is 0 Å². The largest absolute Gasteiger partial charge is 0.456 e. The fourth-order valence-electron chi connectivity index (χ4n) is 2.34. The van der Waals surface area contributed by atoms with Gasteiger partial charge < -0.3 is 19.6 Å². The molecule has 2 heterocycles. The van der Waals surface area contributed by atoms with Gasteiger partial charge in [-0.15, -0.1) is 0 Å². The predicted molar refractivity (Wildman–Crippen MR) is 78.4 cm³/mol. The van der Waals surface area contributed by atoms with Crippen LogP contribution in [0.5, 0.6) is 0 Å². The van der Waals surface area contributed by atoms with Gasteiger partial charge in [-0.05, 0) is 32.4 Å². The van der Waals surface area contributed by atoms with E-state index >= 15 is 0 Å². The van der Waals surface area contributed by atoms with Crippen molar-refractivity contribution in [2.45, 2.75) is 26.4 Å². The number of morpholine rings is 1. The van der Waals surface area contributed by atoms with Crippen LogP contribution >= 0.6 is 0 Å². The van der Waals surface area contributed by atoms with Gasteiger partial charge >= 0.3 is 0 Å². The van der Waals surface area contributed by atoms with Crippen molar-refractivity contribution in [2.75, 3.05) is 39.4 Å². The normalized spacial score (nSPS) is 19.2. The molecule has 1 unspecified atom stereocenters. The lowest BCUT2D eigenvalue weighted by atomic mass is 10.1. The Bertz CT molecular complexity index is 470. The van der Waals surface area contributed by atoms with E-state index < -0.39 is 5.60 Å². The third-order valence-corrected chi connectivity index (χ3v) is 3.69. The van der Waals surface area contributed by atoms with Crippen LogP contribution in [0.1, 0.15) is 28.8 Å². The van der Waals surface area contributed by atoms with E-state index in [4.69, 9.17) is 9.15 Å². The van der Waals surface area contributed by atoms with Crippen LogP contribution in [0.25, 0.3) is 0 Å². The topological polar surface area (TPSA) is 74.9 Å². The monoisotopic (exact) mass is 296 g/mol. The lowest BCUT2D eigenvalue weighted by molar-refractivity contribution is -0.0214. The highest BCUT2D eigenvalue weighted by molar-refractivity contribution is 5.91. The smallest absolute Gasteiger partial charge is 0.287 e. The highest BCUT2D eigenvalue weighted by Crippen LogP contribution is 2.13. The summed E-state index contributed by atoms with van der Waals surface area (Å²) in [6, 6.07) is 1.71. The molecule has 1 aromatic rings. The van der Waals surface area contributed by atoms with Gasteiger partial charge in [0.1, 0.15) is 5.76 Å². The van der Waals surface area contributed by atoms with Crippen molar-refractivity contribution in [1.82, 2.24) is 10.2 Å². The number of amides is 1. The lowest BCUT2D eigenvalue weighted by Crippen LogP contribution is -2.51. The lowest BCUT2D eigenvalue weighted by Gasteiger charge is -2.33. The Morgan fingerprint density at radius 2 is 2.10 bits per heavy atom. The van der Waals surface area contributed by atoms with E-state index in [0.717, 1.165) is 24.4 Å². The molecule has 1 aliphatic rings. The fraction of sp³-hybridized carbons (Fsp3) is 0.667. The maximum absolute atomic E-state index is 12.0. The van der Waals surface area contributed by atoms with Crippen molar-refractivity contribution in [2.24, 2.45) is 0 Å². The molecule has 1 aromatic heterocycles. The summed E-state index contributed by atoms with van der Waals surface area (Å²) in [5.74, 6) is 0.723. The van der Waals surface area contributed by atoms with Crippen LogP contribution in [-0.2, 0) is 4.74 Å². The molecule has 1 amide bonds. The van der Waals surface area contributed by atoms with Crippen molar-refractivity contribution in [1.29, 1.82) is 0 Å². The van der Waals surface area contributed by atoms with E-state index in [-0.39, 0.29) is 18.2 Å². The molecule has 1 fully saturated rings. The molecule has 2 N–H and O–H groups in total. The number of carbonyl (C=O) groups excluding carboxylic acids is 1. The average Bonchev–Trinajstić information content (AvgIpc) is 2.77. The van der Waals surface area contributed by atoms with Gasteiger partial charge in [0, 0.05) is 26.2 Å². The maximum atomic E-state index is 12.0. The molecule has 21 heavy (non-hydrogen) atoms. The summed E-state index contributed by atoms with van der Waals surface area (Å²) in [5, 5.41) is 13.1. The number of furan rings is 1. The number of hydrogen-bond acceptors (Lipinski definition) is 5. The Labute approximate surface area is 125 Å². The summed E-state index contributed by atoms with van der Waals surface area (Å²) >= 11 is 0. The van der Waals surface area contributed by atoms with Crippen LogP contribution in [-0.4, -0.2) is 60.9 Å². The van der Waals surface area contributed by atoms with Crippen LogP contribution in [0.2, 0.25) is 0 Å². The second kappa shape index (κ2) is 6.60. The number of nitrogens with zero attached hydrogens (tertiary/aromatic N) is 1. The summed E-state index contributed by atoms with van der Waals surface area (Å²) in [7, 11) is 0. The number of nitrogens with one attached hydrogen (secondary N) is 1. The Morgan fingerprint density at radius 1 is 1.43 bits per heavy atom. The molecule has 0 saturated carbocycles. The quantitative estimate of drug-likeness (QED) is 0.837. The van der Waals surface area contributed by atoms with Crippen LogP contribution in [0, 0.1) is 13.8 Å². The minimum absolute atomic E-state index is 0.183. The van der Waals surface area contributed by atoms with E-state index in [2.05, 4.69) is 10.2 Å². The van der Waals surface area contributed by atoms with Gasteiger partial charge in [-0.3, -0.25) is 9.69 Å². The molecular formula is C15H24N2O4. The summed E-state index contributed by atoms with van der Waals surface area (Å²) < 4.78 is 10.6. The molecule has 0 bridgehead atoms. The number of carbonyl (C=O) groups is 1. The molecule has 0 spiro atoms. The van der Waals surface area contributed by atoms with Crippen LogP contribution < -0.4 is 5.32 Å². The van der Waals surface area contributed by atoms with E-state index in [1.165, 1.54) is 0 Å². The van der Waals surface area contributed by atoms with E-state index in [1.54, 1.807) is 13.0 Å². The van der Waals surface area contributed by atoms with Crippen LogP contribution in [0.15, 0.2) is 10.5 Å². The van der Waals surface area contributed by atoms with Crippen molar-refractivity contribution < 1.29 is 19.1 Å². The maximum Gasteiger partial charge on any atom is 0.287 e. The number of aryl methyl sites for hydroxylation is 2. The predicted octanol–water partition coefficient (Wildman–Crippen LogP) is 0.709. The highest BCUT2D eigenvalue weighted by Gasteiger charge is 2.26. The van der Waals surface area contributed by atoms with Crippen LogP contribution in [0.3, 0.4) is 0 Å². The number of ether oxygens (including phenoxy) is 1. The third-order valence-electron chi connectivity index (χ3n) is 3.69. The Morgan fingerprint density at radius 3 is 2.67 bits per heavy atom. The number of rotatable bonds is 5. The zero-order chi connectivity index (χ0) is 15.5. The van der Waals surface area contributed by atoms with Gasteiger partial charge in [0.25, 0.3) is 5.91 Å². The molecular weight excluding hydrogens is 272 g/mol. The molecule has 1 saturated heterocycles. The number of hydrogen-bond donors (Lipinski definition) is 2. The summed E-state index contributed by atoms with van der Waals surface area (Å²) in [5.41, 5.74) is -0.0378. The Balaban J connectivity index is 1.84. The highest BCUT2D eigenvalue weighted by atomic mass is 16.5. The average molecular weight is 296 g/mol. The van der Waals surface area contributed by atoms with Gasteiger partial charge in [-0.25, -0.2) is 0 Å². The molecule has 2 rings (SSSR count). The van der Waals surface area contributed by atoms with Gasteiger partial charge in [0.05, 0.1) is 18.8 Å². The Kier molecular flexibility index (Phi) is 5.03. The second-order valence-electron chi connectivity index (χ2n) is 5.92. The molecule has 1 atom stereocenters. The summed E-state index contributed by atoms with van der Waals surface area (Å²) in [4.78, 5) is 14.1. The van der Waals surface area contributed by atoms with Gasteiger partial charge in [0.15, 0.2) is 5.76 Å². The Hall–Kier alpha value is -1.37. The first-order valence-electron chi connectivity index (χ1n) is 7.25. The first-order valence-corrected chi connectivity index (χ1v) is 7.25. The zero-order valence-corrected chi connectivity index (χ0v) is 12.9. The standard InChI is InChI=1S/C15H24N2O4/c1-11-8-13(21-12(11)2)14(18)16-9-15(3,19)10-17-4-6-20-7-5-17/h8,19H,4-7,9-10H2,1-3H3,(H,16,18). The van der Waals surface area contributed by atoms with Gasteiger partial charge in [0.2, 0.25) is 0 Å². The third kappa shape index (κ3) is 4.56. The van der Waals surface area contributed by atoms with Gasteiger partial charge in [-0.2, -0.15) is 0 Å². The SMILES string of the molecule is Cc1cc(C(=O)NCC(C)(O)CN2CCOCC2)oc1C. The van der Waals surface area contributed by atoms with Crippen LogP contribution in [0.4, 0.5) is 0 Å². The minimum atomic E-state index is -0.982. The summed E-state index contributed by atoms with van der Waals surface area (Å²) in [6.07, 6.45) is 0. The minimum Gasteiger partial charge on any atom is -0.456 e. The van der Waals surface area contributed by atoms with E-state index in [9.17, 15) is 9.90 Å². The first kappa shape index (κ1) is 16.0. The summed E-state index contributed by atoms with van der Waals surface area (Å²) in [6.45, 7) is 9.11. The molecule has 0 aromatic carbocycles. The number of β-amino-alcohol motifs (C(OH)–C–C–N with tert-alkyl or cyclic N) is 1. The molecule has 118 valence electrons.